The van der Waals surface area contributed by atoms with E-state index in [-0.39, 0.29) is 50.2 Å². The third-order valence-corrected chi connectivity index (χ3v) is 8.39. The second kappa shape index (κ2) is 22.3. The highest BCUT2D eigenvalue weighted by atomic mass is 16.4. The molecule has 0 aromatic heterocycles. The van der Waals surface area contributed by atoms with Gasteiger partial charge in [-0.25, -0.2) is 4.79 Å². The Bertz CT molecular complexity index is 1340. The summed E-state index contributed by atoms with van der Waals surface area (Å²) in [5.74, 6) is -4.59. The first-order chi connectivity index (χ1) is 24.2. The molecule has 16 heteroatoms. The SMILES string of the molecule is CC(C)C[C@H](NC(=O)[C@H](Cc1ccc(O)cc1)NC(=O)[C@@H]1C/C=C\C[C@H](N)C(=O)N[C@@H](CCCCN)C(=O)N[C@@H](CCCCN)C(=O)N1)C(=O)O. The largest absolute Gasteiger partial charge is 0.508 e. The molecule has 2 rings (SSSR count). The molecule has 0 unspecified atom stereocenters. The average Bonchev–Trinajstić information content (AvgIpc) is 3.08. The number of carbonyl (C=O) groups excluding carboxylic acids is 5. The molecule has 0 radical (unpaired) electrons. The van der Waals surface area contributed by atoms with Gasteiger partial charge in [0.05, 0.1) is 6.04 Å². The number of aliphatic carboxylic acids is 1. The van der Waals surface area contributed by atoms with Crippen LogP contribution in [-0.4, -0.2) is 95.1 Å². The number of hydrogen-bond acceptors (Lipinski definition) is 10. The molecule has 0 fully saturated rings. The lowest BCUT2D eigenvalue weighted by Crippen LogP contribution is -2.59. The fourth-order valence-corrected chi connectivity index (χ4v) is 5.47. The Morgan fingerprint density at radius 2 is 1.35 bits per heavy atom. The number of nitrogens with two attached hydrogens (primary N) is 3. The minimum absolute atomic E-state index is 0.00641. The van der Waals surface area contributed by atoms with Crippen LogP contribution in [0.4, 0.5) is 0 Å². The molecule has 1 aromatic rings. The number of benzene rings is 1. The van der Waals surface area contributed by atoms with E-state index < -0.39 is 71.8 Å². The van der Waals surface area contributed by atoms with E-state index >= 15 is 0 Å². The summed E-state index contributed by atoms with van der Waals surface area (Å²) in [4.78, 5) is 79.5. The van der Waals surface area contributed by atoms with Gasteiger partial charge in [-0.3, -0.25) is 24.0 Å². The van der Waals surface area contributed by atoms with Crippen LogP contribution in [-0.2, 0) is 35.2 Å². The molecule has 1 aliphatic rings. The zero-order valence-electron chi connectivity index (χ0n) is 29.6. The lowest BCUT2D eigenvalue weighted by Gasteiger charge is -2.27. The van der Waals surface area contributed by atoms with Gasteiger partial charge in [0.2, 0.25) is 29.5 Å². The Morgan fingerprint density at radius 3 is 1.90 bits per heavy atom. The summed E-state index contributed by atoms with van der Waals surface area (Å²) in [6.07, 6.45) is 5.95. The molecule has 0 saturated carbocycles. The Balaban J connectivity index is 2.43. The standard InChI is InChI=1S/C35H56N8O8/c1-21(2)19-29(35(50)51)43-34(49)28(20-22-13-15-23(44)16-14-22)42-33(48)26-10-4-3-9-24(38)30(45)39-25(11-5-7-17-36)31(46)41-27(32(47)40-26)12-6-8-18-37/h3-4,13-16,21,24-29,44H,5-12,17-20,36-38H2,1-2H3,(H,39,45)(H,40,47)(H,41,46)(H,42,48)(H,43,49)(H,50,51)/b4-3-/t24-,25-,26-,27-,28-,29-/m0/s1. The van der Waals surface area contributed by atoms with Crippen LogP contribution in [0.3, 0.4) is 0 Å². The van der Waals surface area contributed by atoms with Crippen molar-refractivity contribution >= 4 is 35.5 Å². The third kappa shape index (κ3) is 15.5. The normalized spacial score (nSPS) is 22.0. The van der Waals surface area contributed by atoms with E-state index in [9.17, 15) is 39.0 Å². The first kappa shape index (κ1) is 42.6. The molecule has 1 aliphatic heterocycles. The second-order valence-electron chi connectivity index (χ2n) is 13.3. The van der Waals surface area contributed by atoms with Gasteiger partial charge in [0.25, 0.3) is 0 Å². The van der Waals surface area contributed by atoms with Crippen LogP contribution in [0.5, 0.6) is 5.75 Å². The average molecular weight is 717 g/mol. The van der Waals surface area contributed by atoms with E-state index in [1.807, 2.05) is 13.8 Å². The summed E-state index contributed by atoms with van der Waals surface area (Å²) in [6, 6.07) is -0.820. The number of phenolic OH excluding ortho intramolecular Hbond substituents is 1. The summed E-state index contributed by atoms with van der Waals surface area (Å²) < 4.78 is 0. The van der Waals surface area contributed by atoms with Gasteiger partial charge in [-0.2, -0.15) is 0 Å². The van der Waals surface area contributed by atoms with Crippen molar-refractivity contribution < 1.29 is 39.0 Å². The maximum absolute atomic E-state index is 13.9. The predicted octanol–water partition coefficient (Wildman–Crippen LogP) is -0.575. The molecule has 6 atom stereocenters. The molecule has 51 heavy (non-hydrogen) atoms. The monoisotopic (exact) mass is 716 g/mol. The lowest BCUT2D eigenvalue weighted by molar-refractivity contribution is -0.142. The van der Waals surface area contributed by atoms with E-state index in [1.165, 1.54) is 12.1 Å². The Labute approximate surface area is 299 Å². The summed E-state index contributed by atoms with van der Waals surface area (Å²) in [7, 11) is 0. The number of carbonyl (C=O) groups is 6. The molecule has 13 N–H and O–H groups in total. The molecule has 5 amide bonds. The zero-order chi connectivity index (χ0) is 37.9. The lowest BCUT2D eigenvalue weighted by atomic mass is 10.0. The third-order valence-electron chi connectivity index (χ3n) is 8.39. The van der Waals surface area contributed by atoms with Gasteiger partial charge in [0, 0.05) is 6.42 Å². The van der Waals surface area contributed by atoms with Gasteiger partial charge < -0.3 is 54.0 Å². The van der Waals surface area contributed by atoms with E-state index in [0.717, 1.165) is 0 Å². The fraction of sp³-hybridized carbons (Fsp3) is 0.600. The van der Waals surface area contributed by atoms with E-state index in [0.29, 0.717) is 44.3 Å². The Hall–Kier alpha value is -4.54. The molecule has 284 valence electrons. The molecule has 1 aromatic carbocycles. The van der Waals surface area contributed by atoms with Crippen molar-refractivity contribution in [1.82, 2.24) is 26.6 Å². The number of unbranched alkanes of at least 4 members (excludes halogenated alkanes) is 2. The van der Waals surface area contributed by atoms with Crippen LogP contribution in [0.25, 0.3) is 0 Å². The summed E-state index contributed by atoms with van der Waals surface area (Å²) in [5.41, 5.74) is 18.0. The highest BCUT2D eigenvalue weighted by molar-refractivity contribution is 5.96. The van der Waals surface area contributed by atoms with Crippen LogP contribution in [0.15, 0.2) is 36.4 Å². The number of amides is 5. The first-order valence-corrected chi connectivity index (χ1v) is 17.6. The van der Waals surface area contributed by atoms with Gasteiger partial charge >= 0.3 is 5.97 Å². The Morgan fingerprint density at radius 1 is 0.804 bits per heavy atom. The Kier molecular flexibility index (Phi) is 18.7. The highest BCUT2D eigenvalue weighted by Crippen LogP contribution is 2.14. The molecule has 0 aliphatic carbocycles. The molecule has 0 bridgehead atoms. The minimum atomic E-state index is -1.27. The van der Waals surface area contributed by atoms with E-state index in [1.54, 1.807) is 24.3 Å². The number of carboxylic acid groups (broad SMARTS) is 1. The number of aromatic hydroxyl groups is 1. The van der Waals surface area contributed by atoms with Crippen molar-refractivity contribution in [2.24, 2.45) is 23.1 Å². The number of phenols is 1. The quantitative estimate of drug-likeness (QED) is 0.0719. The van der Waals surface area contributed by atoms with E-state index in [2.05, 4.69) is 26.6 Å². The van der Waals surface area contributed by atoms with Crippen molar-refractivity contribution in [2.45, 2.75) is 114 Å². The van der Waals surface area contributed by atoms with Crippen LogP contribution in [0.2, 0.25) is 0 Å². The number of rotatable bonds is 17. The maximum atomic E-state index is 13.9. The van der Waals surface area contributed by atoms with Crippen molar-refractivity contribution in [1.29, 1.82) is 0 Å². The number of nitrogens with one attached hydrogen (secondary N) is 5. The van der Waals surface area contributed by atoms with Gasteiger partial charge in [-0.15, -0.1) is 0 Å². The smallest absolute Gasteiger partial charge is 0.326 e. The molecular formula is C35H56N8O8. The van der Waals surface area contributed by atoms with Crippen LogP contribution in [0, 0.1) is 5.92 Å². The van der Waals surface area contributed by atoms with Gasteiger partial charge in [-0.05, 0) is 94.5 Å². The molecule has 0 spiro atoms. The van der Waals surface area contributed by atoms with Crippen LogP contribution < -0.4 is 43.8 Å². The fourth-order valence-electron chi connectivity index (χ4n) is 5.47. The summed E-state index contributed by atoms with van der Waals surface area (Å²) in [6.45, 7) is 4.39. The first-order valence-electron chi connectivity index (χ1n) is 17.6. The molecule has 16 nitrogen and oxygen atoms in total. The number of carboxylic acids is 1. The van der Waals surface area contributed by atoms with Gasteiger partial charge in [-0.1, -0.05) is 38.1 Å². The van der Waals surface area contributed by atoms with Crippen molar-refractivity contribution in [2.75, 3.05) is 13.1 Å². The van der Waals surface area contributed by atoms with Crippen molar-refractivity contribution in [3.63, 3.8) is 0 Å². The van der Waals surface area contributed by atoms with Crippen molar-refractivity contribution in [3.05, 3.63) is 42.0 Å². The molecule has 0 saturated heterocycles. The highest BCUT2D eigenvalue weighted by Gasteiger charge is 2.33. The van der Waals surface area contributed by atoms with Crippen LogP contribution >= 0.6 is 0 Å². The topological polar surface area (TPSA) is 281 Å². The summed E-state index contributed by atoms with van der Waals surface area (Å²) >= 11 is 0. The second-order valence-corrected chi connectivity index (χ2v) is 13.3. The maximum Gasteiger partial charge on any atom is 0.326 e. The minimum Gasteiger partial charge on any atom is -0.508 e. The van der Waals surface area contributed by atoms with Crippen LogP contribution in [0.1, 0.15) is 77.2 Å². The molecule has 1 heterocycles. The van der Waals surface area contributed by atoms with Gasteiger partial charge in [0.1, 0.15) is 36.0 Å². The van der Waals surface area contributed by atoms with Gasteiger partial charge in [0.15, 0.2) is 0 Å². The summed E-state index contributed by atoms with van der Waals surface area (Å²) in [5, 5.41) is 32.8. The predicted molar refractivity (Wildman–Crippen MR) is 191 cm³/mol. The molecular weight excluding hydrogens is 660 g/mol. The zero-order valence-corrected chi connectivity index (χ0v) is 29.6. The van der Waals surface area contributed by atoms with E-state index in [4.69, 9.17) is 17.2 Å². The van der Waals surface area contributed by atoms with Crippen molar-refractivity contribution in [3.8, 4) is 5.75 Å². The number of hydrogen-bond donors (Lipinski definition) is 10.